The summed E-state index contributed by atoms with van der Waals surface area (Å²) >= 11 is 3.00. The molecule has 2 heterocycles. The van der Waals surface area contributed by atoms with Crippen LogP contribution in [0.15, 0.2) is 4.34 Å². The molecule has 0 aliphatic carbocycles. The first-order valence-corrected chi connectivity index (χ1v) is 7.48. The maximum atomic E-state index is 11.8. The van der Waals surface area contributed by atoms with Crippen molar-refractivity contribution in [1.29, 1.82) is 0 Å². The van der Waals surface area contributed by atoms with Gasteiger partial charge in [0, 0.05) is 18.7 Å². The minimum atomic E-state index is -0.434. The van der Waals surface area contributed by atoms with Gasteiger partial charge in [0.25, 0.3) is 0 Å². The Morgan fingerprint density at radius 1 is 1.61 bits per heavy atom. The van der Waals surface area contributed by atoms with Gasteiger partial charge in [0.05, 0.1) is 5.92 Å². The molecular weight excluding hydrogens is 272 g/mol. The summed E-state index contributed by atoms with van der Waals surface area (Å²) in [5.74, 6) is 0.0260. The predicted molar refractivity (Wildman–Crippen MR) is 70.6 cm³/mol. The van der Waals surface area contributed by atoms with E-state index in [2.05, 4.69) is 17.1 Å². The van der Waals surface area contributed by atoms with Crippen LogP contribution < -0.4 is 10.6 Å². The van der Waals surface area contributed by atoms with E-state index in [4.69, 9.17) is 5.73 Å². The Labute approximate surface area is 113 Å². The molecular formula is C10H14N4O2S2. The first kappa shape index (κ1) is 13.3. The van der Waals surface area contributed by atoms with E-state index in [1.165, 1.54) is 16.2 Å². The number of amides is 2. The van der Waals surface area contributed by atoms with Gasteiger partial charge in [-0.2, -0.15) is 0 Å². The first-order valence-electron chi connectivity index (χ1n) is 5.67. The SMILES string of the molecule is CCCSc1nnc(N2CC(C(N)=O)CC2=O)s1. The van der Waals surface area contributed by atoms with E-state index in [0.29, 0.717) is 11.7 Å². The third-order valence-electron chi connectivity index (χ3n) is 2.58. The van der Waals surface area contributed by atoms with E-state index < -0.39 is 11.8 Å². The van der Waals surface area contributed by atoms with Crippen molar-refractivity contribution in [2.75, 3.05) is 17.2 Å². The van der Waals surface area contributed by atoms with E-state index in [-0.39, 0.29) is 12.3 Å². The molecule has 0 spiro atoms. The fraction of sp³-hybridized carbons (Fsp3) is 0.600. The van der Waals surface area contributed by atoms with Crippen molar-refractivity contribution >= 4 is 40.0 Å². The average Bonchev–Trinajstić information content (AvgIpc) is 2.92. The molecule has 0 bridgehead atoms. The van der Waals surface area contributed by atoms with Crippen molar-refractivity contribution < 1.29 is 9.59 Å². The molecule has 6 nitrogen and oxygen atoms in total. The molecule has 98 valence electrons. The molecule has 0 radical (unpaired) electrons. The van der Waals surface area contributed by atoms with E-state index >= 15 is 0 Å². The molecule has 2 amide bonds. The van der Waals surface area contributed by atoms with Crippen molar-refractivity contribution in [2.24, 2.45) is 11.7 Å². The van der Waals surface area contributed by atoms with Crippen molar-refractivity contribution in [2.45, 2.75) is 24.1 Å². The zero-order valence-electron chi connectivity index (χ0n) is 9.96. The van der Waals surface area contributed by atoms with Gasteiger partial charge in [-0.05, 0) is 6.42 Å². The van der Waals surface area contributed by atoms with Gasteiger partial charge in [0.2, 0.25) is 16.9 Å². The largest absolute Gasteiger partial charge is 0.369 e. The van der Waals surface area contributed by atoms with Crippen LogP contribution in [0.4, 0.5) is 5.13 Å². The number of hydrogen-bond acceptors (Lipinski definition) is 6. The lowest BCUT2D eigenvalue weighted by Gasteiger charge is -2.10. The lowest BCUT2D eigenvalue weighted by molar-refractivity contribution is -0.123. The number of nitrogens with two attached hydrogens (primary N) is 1. The van der Waals surface area contributed by atoms with Gasteiger partial charge >= 0.3 is 0 Å². The summed E-state index contributed by atoms with van der Waals surface area (Å²) in [6.07, 6.45) is 1.23. The molecule has 8 heteroatoms. The molecule has 2 rings (SSSR count). The Bertz CT molecular complexity index is 462. The highest BCUT2D eigenvalue weighted by Gasteiger charge is 2.35. The minimum Gasteiger partial charge on any atom is -0.369 e. The van der Waals surface area contributed by atoms with Crippen LogP contribution in [0.25, 0.3) is 0 Å². The van der Waals surface area contributed by atoms with Crippen molar-refractivity contribution in [1.82, 2.24) is 10.2 Å². The number of thioether (sulfide) groups is 1. The summed E-state index contributed by atoms with van der Waals surface area (Å²) < 4.78 is 0.849. The Balaban J connectivity index is 2.05. The van der Waals surface area contributed by atoms with Gasteiger partial charge in [-0.3, -0.25) is 14.5 Å². The first-order chi connectivity index (χ1) is 8.61. The lowest BCUT2D eigenvalue weighted by Crippen LogP contribution is -2.28. The summed E-state index contributed by atoms with van der Waals surface area (Å²) in [6.45, 7) is 2.41. The molecule has 18 heavy (non-hydrogen) atoms. The second-order valence-electron chi connectivity index (χ2n) is 4.01. The van der Waals surface area contributed by atoms with Gasteiger partial charge in [0.1, 0.15) is 0 Å². The normalized spacial score (nSPS) is 19.5. The Kier molecular flexibility index (Phi) is 4.18. The molecule has 1 aromatic heterocycles. The standard InChI is InChI=1S/C10H14N4O2S2/c1-2-3-17-10-13-12-9(18-10)14-5-6(8(11)16)4-7(14)15/h6H,2-5H2,1H3,(H2,11,16). The van der Waals surface area contributed by atoms with Gasteiger partial charge in [-0.15, -0.1) is 10.2 Å². The summed E-state index contributed by atoms with van der Waals surface area (Å²) in [4.78, 5) is 24.3. The van der Waals surface area contributed by atoms with Gasteiger partial charge < -0.3 is 5.73 Å². The van der Waals surface area contributed by atoms with Crippen LogP contribution in [0, 0.1) is 5.92 Å². The number of primary amides is 1. The molecule has 2 N–H and O–H groups in total. The highest BCUT2D eigenvalue weighted by molar-refractivity contribution is 8.01. The molecule has 1 atom stereocenters. The number of nitrogens with zero attached hydrogens (tertiary/aromatic N) is 3. The fourth-order valence-corrected chi connectivity index (χ4v) is 3.44. The van der Waals surface area contributed by atoms with Gasteiger partial charge in [-0.1, -0.05) is 30.0 Å². The Hall–Kier alpha value is -1.15. The monoisotopic (exact) mass is 286 g/mol. The highest BCUT2D eigenvalue weighted by Crippen LogP contribution is 2.31. The molecule has 1 fully saturated rings. The van der Waals surface area contributed by atoms with E-state index in [9.17, 15) is 9.59 Å². The third-order valence-corrected chi connectivity index (χ3v) is 4.87. The third kappa shape index (κ3) is 2.81. The zero-order valence-corrected chi connectivity index (χ0v) is 11.6. The Morgan fingerprint density at radius 3 is 3.00 bits per heavy atom. The second kappa shape index (κ2) is 5.66. The summed E-state index contributed by atoms with van der Waals surface area (Å²) in [5.41, 5.74) is 5.22. The van der Waals surface area contributed by atoms with Crippen molar-refractivity contribution in [3.8, 4) is 0 Å². The van der Waals surface area contributed by atoms with Crippen LogP contribution in [0.5, 0.6) is 0 Å². The van der Waals surface area contributed by atoms with Gasteiger partial charge in [-0.25, -0.2) is 0 Å². The van der Waals surface area contributed by atoms with Crippen LogP contribution in [0.3, 0.4) is 0 Å². The van der Waals surface area contributed by atoms with E-state index in [1.807, 2.05) is 0 Å². The number of aromatic nitrogens is 2. The van der Waals surface area contributed by atoms with Gasteiger partial charge in [0.15, 0.2) is 4.34 Å². The minimum absolute atomic E-state index is 0.109. The van der Waals surface area contributed by atoms with Crippen LogP contribution in [-0.2, 0) is 9.59 Å². The molecule has 1 aromatic rings. The smallest absolute Gasteiger partial charge is 0.229 e. The number of rotatable bonds is 5. The average molecular weight is 286 g/mol. The quantitative estimate of drug-likeness (QED) is 0.641. The zero-order chi connectivity index (χ0) is 13.1. The number of carbonyl (C=O) groups excluding carboxylic acids is 2. The van der Waals surface area contributed by atoms with Crippen molar-refractivity contribution in [3.05, 3.63) is 0 Å². The topological polar surface area (TPSA) is 89.2 Å². The molecule has 1 unspecified atom stereocenters. The fourth-order valence-electron chi connectivity index (χ4n) is 1.64. The van der Waals surface area contributed by atoms with E-state index in [0.717, 1.165) is 16.5 Å². The molecule has 0 aromatic carbocycles. The molecule has 0 saturated carbocycles. The lowest BCUT2D eigenvalue weighted by atomic mass is 10.1. The number of hydrogen-bond donors (Lipinski definition) is 1. The van der Waals surface area contributed by atoms with Crippen LogP contribution in [0.1, 0.15) is 19.8 Å². The highest BCUT2D eigenvalue weighted by atomic mass is 32.2. The molecule has 1 aliphatic rings. The molecule has 1 saturated heterocycles. The number of anilines is 1. The van der Waals surface area contributed by atoms with Crippen LogP contribution in [0.2, 0.25) is 0 Å². The van der Waals surface area contributed by atoms with Crippen LogP contribution >= 0.6 is 23.1 Å². The van der Waals surface area contributed by atoms with E-state index in [1.54, 1.807) is 11.8 Å². The Morgan fingerprint density at radius 2 is 2.39 bits per heavy atom. The number of carbonyl (C=O) groups is 2. The summed E-state index contributed by atoms with van der Waals surface area (Å²) in [5, 5.41) is 8.58. The summed E-state index contributed by atoms with van der Waals surface area (Å²) in [6, 6.07) is 0. The van der Waals surface area contributed by atoms with Crippen LogP contribution in [-0.4, -0.2) is 34.3 Å². The maximum absolute atomic E-state index is 11.8. The predicted octanol–water partition coefficient (Wildman–Crippen LogP) is 0.878. The summed E-state index contributed by atoms with van der Waals surface area (Å²) in [7, 11) is 0. The molecule has 1 aliphatic heterocycles. The maximum Gasteiger partial charge on any atom is 0.229 e. The van der Waals surface area contributed by atoms with Crippen molar-refractivity contribution in [3.63, 3.8) is 0 Å². The second-order valence-corrected chi connectivity index (χ2v) is 6.30.